The number of phenols is 4. The van der Waals surface area contributed by atoms with Crippen LogP contribution in [0.3, 0.4) is 0 Å². The number of aliphatic hydroxyl groups excluding tert-OH is 3. The SMILES string of the molecule is O=C(CC(=O)OC[C@H]1O[C@@H](Oc2c(-c3ccc(O)c(O)c3)oc3cc(O)cc(O)c3c2=O)[C@H](O)[C@@H](O)[C@@H]1O)OCc1ccccc1. The number of rotatable bonds is 9. The summed E-state index contributed by atoms with van der Waals surface area (Å²) in [5.41, 5.74) is -0.678. The second kappa shape index (κ2) is 13.3. The zero-order valence-electron chi connectivity index (χ0n) is 23.7. The minimum atomic E-state index is -1.99. The number of phenolic OH excluding ortho intramolecular Hbond substituents is 4. The largest absolute Gasteiger partial charge is 0.508 e. The van der Waals surface area contributed by atoms with Gasteiger partial charge in [-0.3, -0.25) is 14.4 Å². The number of hydrogen-bond donors (Lipinski definition) is 7. The monoisotopic (exact) mass is 640 g/mol. The molecule has 0 bridgehead atoms. The van der Waals surface area contributed by atoms with Crippen LogP contribution in [0.2, 0.25) is 0 Å². The molecule has 1 saturated heterocycles. The van der Waals surface area contributed by atoms with E-state index in [1.807, 2.05) is 0 Å². The zero-order chi connectivity index (χ0) is 33.1. The van der Waals surface area contributed by atoms with Crippen LogP contribution in [0.5, 0.6) is 28.7 Å². The van der Waals surface area contributed by atoms with Gasteiger partial charge in [-0.05, 0) is 23.8 Å². The van der Waals surface area contributed by atoms with Crippen LogP contribution in [-0.4, -0.2) is 85.0 Å². The first-order valence-electron chi connectivity index (χ1n) is 13.7. The van der Waals surface area contributed by atoms with E-state index in [0.717, 1.165) is 24.3 Å². The molecule has 2 heterocycles. The molecule has 242 valence electrons. The summed E-state index contributed by atoms with van der Waals surface area (Å²) in [4.78, 5) is 37.9. The number of esters is 2. The summed E-state index contributed by atoms with van der Waals surface area (Å²) in [5, 5.41) is 71.3. The third kappa shape index (κ3) is 6.82. The van der Waals surface area contributed by atoms with Crippen LogP contribution in [0.4, 0.5) is 0 Å². The molecule has 5 atom stereocenters. The number of benzene rings is 3. The lowest BCUT2D eigenvalue weighted by Crippen LogP contribution is -2.60. The highest BCUT2D eigenvalue weighted by Gasteiger charge is 2.46. The molecular weight excluding hydrogens is 612 g/mol. The normalized spacial score (nSPS) is 21.1. The van der Waals surface area contributed by atoms with Crippen molar-refractivity contribution in [2.45, 2.75) is 43.7 Å². The van der Waals surface area contributed by atoms with Crippen molar-refractivity contribution in [3.8, 4) is 40.1 Å². The standard InChI is InChI=1S/C31H28O15/c32-16-9-19(35)24-20(10-16)44-29(15-6-7-17(33)18(34)8-15)30(26(24)39)46-31-28(41)27(40)25(38)21(45-31)13-43-23(37)11-22(36)42-12-14-4-2-1-3-5-14/h1-10,21,25,27-28,31-35,38,40-41H,11-13H2/t21-,25-,27+,28-,31+/m1/s1. The van der Waals surface area contributed by atoms with Crippen molar-refractivity contribution in [3.63, 3.8) is 0 Å². The van der Waals surface area contributed by atoms with Crippen molar-refractivity contribution in [1.29, 1.82) is 0 Å². The number of carbonyl (C=O) groups is 2. The van der Waals surface area contributed by atoms with E-state index in [1.54, 1.807) is 30.3 Å². The Labute approximate surface area is 258 Å². The molecule has 1 aromatic heterocycles. The lowest BCUT2D eigenvalue weighted by Gasteiger charge is -2.39. The van der Waals surface area contributed by atoms with E-state index in [4.69, 9.17) is 23.4 Å². The summed E-state index contributed by atoms with van der Waals surface area (Å²) < 4.78 is 27.0. The molecule has 1 fully saturated rings. The van der Waals surface area contributed by atoms with Crippen LogP contribution in [0.25, 0.3) is 22.3 Å². The van der Waals surface area contributed by atoms with Gasteiger partial charge in [0.15, 0.2) is 17.3 Å². The zero-order valence-corrected chi connectivity index (χ0v) is 23.7. The molecule has 0 spiro atoms. The number of aliphatic hydroxyl groups is 3. The molecule has 7 N–H and O–H groups in total. The number of hydrogen-bond acceptors (Lipinski definition) is 15. The highest BCUT2D eigenvalue weighted by Crippen LogP contribution is 2.39. The summed E-state index contributed by atoms with van der Waals surface area (Å²) in [6.45, 7) is -0.797. The maximum atomic E-state index is 13.6. The Balaban J connectivity index is 1.36. The van der Waals surface area contributed by atoms with E-state index in [0.29, 0.717) is 5.56 Å². The van der Waals surface area contributed by atoms with Gasteiger partial charge in [0, 0.05) is 17.7 Å². The van der Waals surface area contributed by atoms with Crippen LogP contribution in [-0.2, 0) is 30.4 Å². The van der Waals surface area contributed by atoms with Crippen LogP contribution >= 0.6 is 0 Å². The highest BCUT2D eigenvalue weighted by atomic mass is 16.7. The number of carbonyl (C=O) groups excluding carboxylic acids is 2. The van der Waals surface area contributed by atoms with Gasteiger partial charge in [-0.2, -0.15) is 0 Å². The van der Waals surface area contributed by atoms with Crippen LogP contribution in [0.1, 0.15) is 12.0 Å². The van der Waals surface area contributed by atoms with E-state index in [2.05, 4.69) is 0 Å². The summed E-state index contributed by atoms with van der Waals surface area (Å²) in [7, 11) is 0. The topological polar surface area (TPSA) is 243 Å². The first-order chi connectivity index (χ1) is 21.9. The number of aromatic hydroxyl groups is 4. The average Bonchev–Trinajstić information content (AvgIpc) is 3.02. The maximum Gasteiger partial charge on any atom is 0.317 e. The molecule has 5 rings (SSSR count). The fourth-order valence-electron chi connectivity index (χ4n) is 4.63. The molecule has 15 nitrogen and oxygen atoms in total. The van der Waals surface area contributed by atoms with E-state index in [-0.39, 0.29) is 17.8 Å². The Morgan fingerprint density at radius 1 is 0.783 bits per heavy atom. The van der Waals surface area contributed by atoms with E-state index < -0.39 is 101 Å². The Kier molecular flexibility index (Phi) is 9.29. The van der Waals surface area contributed by atoms with Gasteiger partial charge < -0.3 is 59.1 Å². The Hall–Kier alpha value is -5.35. The van der Waals surface area contributed by atoms with Gasteiger partial charge >= 0.3 is 11.9 Å². The van der Waals surface area contributed by atoms with E-state index >= 15 is 0 Å². The molecule has 0 saturated carbocycles. The van der Waals surface area contributed by atoms with Gasteiger partial charge in [-0.1, -0.05) is 30.3 Å². The summed E-state index contributed by atoms with van der Waals surface area (Å²) in [6, 6.07) is 13.9. The Morgan fingerprint density at radius 2 is 1.50 bits per heavy atom. The third-order valence-electron chi connectivity index (χ3n) is 7.00. The molecule has 0 unspecified atom stereocenters. The minimum Gasteiger partial charge on any atom is -0.508 e. The first-order valence-corrected chi connectivity index (χ1v) is 13.7. The summed E-state index contributed by atoms with van der Waals surface area (Å²) in [5.74, 6) is -5.31. The summed E-state index contributed by atoms with van der Waals surface area (Å²) >= 11 is 0. The van der Waals surface area contributed by atoms with Crippen molar-refractivity contribution >= 4 is 22.9 Å². The highest BCUT2D eigenvalue weighted by molar-refractivity contribution is 5.91. The van der Waals surface area contributed by atoms with Crippen molar-refractivity contribution in [3.05, 3.63) is 76.5 Å². The fourth-order valence-corrected chi connectivity index (χ4v) is 4.63. The Bertz CT molecular complexity index is 1800. The van der Waals surface area contributed by atoms with Gasteiger partial charge in [0.1, 0.15) is 66.5 Å². The fraction of sp³-hybridized carbons (Fsp3) is 0.258. The molecule has 1 aliphatic heterocycles. The predicted octanol–water partition coefficient (Wildman–Crippen LogP) is 1.15. The Morgan fingerprint density at radius 3 is 2.22 bits per heavy atom. The van der Waals surface area contributed by atoms with Crippen LogP contribution in [0, 0.1) is 0 Å². The van der Waals surface area contributed by atoms with Gasteiger partial charge in [-0.25, -0.2) is 0 Å². The number of fused-ring (bicyclic) bond motifs is 1. The number of ether oxygens (including phenoxy) is 4. The molecular formula is C31H28O15. The molecule has 1 aliphatic rings. The van der Waals surface area contributed by atoms with Crippen LogP contribution < -0.4 is 10.2 Å². The molecule has 15 heteroatoms. The minimum absolute atomic E-state index is 0.0392. The predicted molar refractivity (Wildman–Crippen MR) is 154 cm³/mol. The molecule has 0 amide bonds. The van der Waals surface area contributed by atoms with E-state index in [9.17, 15) is 50.1 Å². The average molecular weight is 641 g/mol. The van der Waals surface area contributed by atoms with Gasteiger partial charge in [0.25, 0.3) is 0 Å². The molecule has 3 aromatic carbocycles. The van der Waals surface area contributed by atoms with Crippen molar-refractivity contribution in [2.24, 2.45) is 0 Å². The smallest absolute Gasteiger partial charge is 0.317 e. The molecule has 46 heavy (non-hydrogen) atoms. The summed E-state index contributed by atoms with van der Waals surface area (Å²) in [6.07, 6.45) is -9.98. The molecule has 4 aromatic rings. The van der Waals surface area contributed by atoms with Gasteiger partial charge in [0.2, 0.25) is 17.5 Å². The lowest BCUT2D eigenvalue weighted by atomic mass is 9.99. The molecule has 0 aliphatic carbocycles. The molecule has 0 radical (unpaired) electrons. The second-order valence-corrected chi connectivity index (χ2v) is 10.3. The van der Waals surface area contributed by atoms with E-state index in [1.165, 1.54) is 6.07 Å². The second-order valence-electron chi connectivity index (χ2n) is 10.3. The van der Waals surface area contributed by atoms with Gasteiger partial charge in [0.05, 0.1) is 0 Å². The third-order valence-corrected chi connectivity index (χ3v) is 7.00. The quantitative estimate of drug-likeness (QED) is 0.0771. The first kappa shape index (κ1) is 32.1. The lowest BCUT2D eigenvalue weighted by molar-refractivity contribution is -0.278. The van der Waals surface area contributed by atoms with Crippen molar-refractivity contribution in [2.75, 3.05) is 6.61 Å². The van der Waals surface area contributed by atoms with Gasteiger partial charge in [-0.15, -0.1) is 0 Å². The van der Waals surface area contributed by atoms with Crippen LogP contribution in [0.15, 0.2) is 69.9 Å². The van der Waals surface area contributed by atoms with Crippen molar-refractivity contribution in [1.82, 2.24) is 0 Å². The maximum absolute atomic E-state index is 13.6. The van der Waals surface area contributed by atoms with Crippen molar-refractivity contribution < 1.29 is 68.7 Å².